The van der Waals surface area contributed by atoms with Crippen molar-refractivity contribution in [1.29, 1.82) is 0 Å². The van der Waals surface area contributed by atoms with E-state index in [9.17, 15) is 0 Å². The van der Waals surface area contributed by atoms with Gasteiger partial charge in [0.15, 0.2) is 0 Å². The molecule has 0 fully saturated rings. The van der Waals surface area contributed by atoms with Gasteiger partial charge in [-0.15, -0.1) is 0 Å². The van der Waals surface area contributed by atoms with Gasteiger partial charge in [-0.2, -0.15) is 0 Å². The summed E-state index contributed by atoms with van der Waals surface area (Å²) in [5, 5.41) is 0. The van der Waals surface area contributed by atoms with Crippen molar-refractivity contribution < 1.29 is 0 Å². The number of aliphatic imine (C=N–C) groups is 1. The summed E-state index contributed by atoms with van der Waals surface area (Å²) >= 11 is 0. The average Bonchev–Trinajstić information content (AvgIpc) is 2.28. The van der Waals surface area contributed by atoms with Gasteiger partial charge in [-0.3, -0.25) is 4.99 Å². The Balaban J connectivity index is 2.15. The van der Waals surface area contributed by atoms with Gasteiger partial charge in [-0.05, 0) is 34.3 Å². The lowest BCUT2D eigenvalue weighted by Crippen LogP contribution is -2.25. The molecule has 0 saturated carbocycles. The molecule has 1 nitrogen and oxygen atoms in total. The second-order valence-corrected chi connectivity index (χ2v) is 5.82. The first-order chi connectivity index (χ1) is 8.05. The number of rotatable bonds is 0. The highest BCUT2D eigenvalue weighted by Gasteiger charge is 2.30. The van der Waals surface area contributed by atoms with Gasteiger partial charge in [-0.1, -0.05) is 45.1 Å². The smallest absolute Gasteiger partial charge is 0.0525 e. The Kier molecular flexibility index (Phi) is 2.12. The first-order valence-electron chi connectivity index (χ1n) is 6.12. The van der Waals surface area contributed by atoms with Crippen molar-refractivity contribution in [3.8, 4) is 0 Å². The van der Waals surface area contributed by atoms with Crippen LogP contribution in [0.25, 0.3) is 0 Å². The third-order valence-electron chi connectivity index (χ3n) is 3.52. The molecule has 0 N–H and O–H groups in total. The van der Waals surface area contributed by atoms with E-state index in [1.807, 2.05) is 6.20 Å². The van der Waals surface area contributed by atoms with E-state index >= 15 is 0 Å². The molecule has 0 aromatic heterocycles. The summed E-state index contributed by atoms with van der Waals surface area (Å²) in [6.07, 6.45) is 15.1. The minimum atomic E-state index is 0.177. The van der Waals surface area contributed by atoms with Gasteiger partial charge in [0.05, 0.1) is 11.6 Å². The van der Waals surface area contributed by atoms with Crippen LogP contribution in [0.1, 0.15) is 20.8 Å². The first kappa shape index (κ1) is 10.5. The van der Waals surface area contributed by atoms with Gasteiger partial charge in [0.25, 0.3) is 0 Å². The number of nitrogens with zero attached hydrogens (tertiary/aromatic N) is 1. The number of allylic oxidation sites excluding steroid dienone is 9. The zero-order chi connectivity index (χ0) is 12.0. The van der Waals surface area contributed by atoms with Crippen LogP contribution in [0.4, 0.5) is 0 Å². The molecule has 1 aliphatic heterocycles. The molecule has 0 spiro atoms. The molecule has 1 unspecified atom stereocenters. The van der Waals surface area contributed by atoms with Crippen LogP contribution in [-0.2, 0) is 0 Å². The minimum Gasteiger partial charge on any atom is -0.260 e. The summed E-state index contributed by atoms with van der Waals surface area (Å²) in [5.74, 6) is 0.371. The van der Waals surface area contributed by atoms with Crippen molar-refractivity contribution in [2.45, 2.75) is 20.8 Å². The topological polar surface area (TPSA) is 12.4 Å². The van der Waals surface area contributed by atoms with E-state index in [2.05, 4.69) is 62.2 Å². The van der Waals surface area contributed by atoms with Crippen molar-refractivity contribution >= 4 is 5.71 Å². The van der Waals surface area contributed by atoms with Crippen LogP contribution in [0.2, 0.25) is 0 Å². The van der Waals surface area contributed by atoms with Gasteiger partial charge in [0.1, 0.15) is 0 Å². The minimum absolute atomic E-state index is 0.177. The van der Waals surface area contributed by atoms with Gasteiger partial charge in [0.2, 0.25) is 0 Å². The predicted octanol–water partition coefficient (Wildman–Crippen LogP) is 3.98. The van der Waals surface area contributed by atoms with Crippen molar-refractivity contribution in [3.05, 3.63) is 59.4 Å². The molecule has 0 bridgehead atoms. The fourth-order valence-electron chi connectivity index (χ4n) is 2.50. The highest BCUT2D eigenvalue weighted by atomic mass is 14.7. The number of hydrogen-bond acceptors (Lipinski definition) is 1. The van der Waals surface area contributed by atoms with Gasteiger partial charge < -0.3 is 0 Å². The molecule has 17 heavy (non-hydrogen) atoms. The average molecular weight is 223 g/mol. The Morgan fingerprint density at radius 2 is 1.88 bits per heavy atom. The lowest BCUT2D eigenvalue weighted by atomic mass is 9.73. The molecular formula is C16H17N. The molecule has 1 atom stereocenters. The third-order valence-corrected chi connectivity index (χ3v) is 3.52. The molecule has 2 aliphatic carbocycles. The van der Waals surface area contributed by atoms with E-state index in [0.29, 0.717) is 5.92 Å². The summed E-state index contributed by atoms with van der Waals surface area (Å²) in [6, 6.07) is 0. The number of hydrogen-bond donors (Lipinski definition) is 0. The van der Waals surface area contributed by atoms with E-state index in [-0.39, 0.29) is 5.41 Å². The summed E-state index contributed by atoms with van der Waals surface area (Å²) in [6.45, 7) is 6.75. The molecule has 0 radical (unpaired) electrons. The quantitative estimate of drug-likeness (QED) is 0.589. The summed E-state index contributed by atoms with van der Waals surface area (Å²) < 4.78 is 0. The molecule has 0 saturated heterocycles. The van der Waals surface area contributed by atoms with Crippen molar-refractivity contribution in [3.63, 3.8) is 0 Å². The standard InChI is InChI=1S/C16H17N/c1-16(2,3)13-9-12-6-4-5-11-7-8-17-14(10-13)15(11)12/h4-10,15H,1-3H3. The Labute approximate surface area is 103 Å². The normalized spacial score (nSPS) is 25.7. The highest BCUT2D eigenvalue weighted by molar-refractivity contribution is 6.05. The van der Waals surface area contributed by atoms with Crippen LogP contribution in [0.15, 0.2) is 64.4 Å². The van der Waals surface area contributed by atoms with E-state index in [1.165, 1.54) is 22.4 Å². The van der Waals surface area contributed by atoms with E-state index in [0.717, 1.165) is 0 Å². The maximum atomic E-state index is 4.54. The summed E-state index contributed by atoms with van der Waals surface area (Å²) in [7, 11) is 0. The highest BCUT2D eigenvalue weighted by Crippen LogP contribution is 2.39. The maximum Gasteiger partial charge on any atom is 0.0525 e. The van der Waals surface area contributed by atoms with Gasteiger partial charge >= 0.3 is 0 Å². The van der Waals surface area contributed by atoms with Gasteiger partial charge in [-0.25, -0.2) is 0 Å². The fraction of sp³-hybridized carbons (Fsp3) is 0.312. The molecular weight excluding hydrogens is 206 g/mol. The van der Waals surface area contributed by atoms with E-state index < -0.39 is 0 Å². The van der Waals surface area contributed by atoms with Crippen LogP contribution >= 0.6 is 0 Å². The second-order valence-electron chi connectivity index (χ2n) is 5.82. The zero-order valence-corrected chi connectivity index (χ0v) is 10.6. The maximum absolute atomic E-state index is 4.54. The fourth-order valence-corrected chi connectivity index (χ4v) is 2.50. The molecule has 3 aliphatic rings. The molecule has 3 rings (SSSR count). The molecule has 0 amide bonds. The van der Waals surface area contributed by atoms with Crippen LogP contribution in [0.5, 0.6) is 0 Å². The predicted molar refractivity (Wildman–Crippen MR) is 72.9 cm³/mol. The largest absolute Gasteiger partial charge is 0.260 e. The molecule has 1 heteroatoms. The van der Waals surface area contributed by atoms with Gasteiger partial charge in [0, 0.05) is 6.20 Å². The van der Waals surface area contributed by atoms with Crippen LogP contribution < -0.4 is 0 Å². The molecule has 1 heterocycles. The zero-order valence-electron chi connectivity index (χ0n) is 10.6. The summed E-state index contributed by atoms with van der Waals surface area (Å²) in [5.41, 5.74) is 5.46. The van der Waals surface area contributed by atoms with Crippen LogP contribution in [0.3, 0.4) is 0 Å². The monoisotopic (exact) mass is 223 g/mol. The Hall–Kier alpha value is -1.63. The van der Waals surface area contributed by atoms with E-state index in [1.54, 1.807) is 0 Å². The third kappa shape index (κ3) is 1.66. The Bertz CT molecular complexity index is 541. The molecule has 0 aromatic rings. The summed E-state index contributed by atoms with van der Waals surface area (Å²) in [4.78, 5) is 4.54. The SMILES string of the molecule is CC(C)(C)C1=CC2=NC=CC3=CC=CC(=C1)C32. The Morgan fingerprint density at radius 3 is 2.65 bits per heavy atom. The molecule has 0 aromatic carbocycles. The van der Waals surface area contributed by atoms with E-state index in [4.69, 9.17) is 0 Å². The second kappa shape index (κ2) is 3.43. The van der Waals surface area contributed by atoms with Crippen molar-refractivity contribution in [1.82, 2.24) is 0 Å². The van der Waals surface area contributed by atoms with Crippen LogP contribution in [0, 0.1) is 11.3 Å². The first-order valence-corrected chi connectivity index (χ1v) is 6.12. The van der Waals surface area contributed by atoms with Crippen molar-refractivity contribution in [2.24, 2.45) is 16.3 Å². The lowest BCUT2D eigenvalue weighted by Gasteiger charge is -2.32. The Morgan fingerprint density at radius 1 is 1.06 bits per heavy atom. The van der Waals surface area contributed by atoms with Crippen molar-refractivity contribution in [2.75, 3.05) is 0 Å². The lowest BCUT2D eigenvalue weighted by molar-refractivity contribution is 0.515. The molecule has 86 valence electrons. The van der Waals surface area contributed by atoms with Crippen LogP contribution in [-0.4, -0.2) is 5.71 Å².